The SMILES string of the molecule is c1cc(-c2ccc3c(c2)-c2cccc4cccc-3c24)cc(-n2c3ccccc3c3cc(-c4ccc5c(c4)c4ccccc4n5-c4ccc5c6c(cccc46)-c4ccccc4-5)ccc32)c1. The van der Waals surface area contributed by atoms with Crippen LogP contribution in [0, 0.1) is 0 Å². The molecule has 0 radical (unpaired) electrons. The highest BCUT2D eigenvalue weighted by molar-refractivity contribution is 6.20. The fourth-order valence-corrected chi connectivity index (χ4v) is 11.6. The molecule has 0 unspecified atom stereocenters. The molecule has 2 heteroatoms. The molecule has 0 fully saturated rings. The van der Waals surface area contributed by atoms with Gasteiger partial charge < -0.3 is 9.13 Å². The van der Waals surface area contributed by atoms with E-state index in [2.05, 4.69) is 228 Å². The van der Waals surface area contributed by atoms with Crippen molar-refractivity contribution in [2.45, 2.75) is 0 Å². The molecule has 0 bridgehead atoms. The van der Waals surface area contributed by atoms with Crippen molar-refractivity contribution in [3.8, 4) is 78.1 Å². The van der Waals surface area contributed by atoms with Crippen molar-refractivity contribution in [2.24, 2.45) is 0 Å². The summed E-state index contributed by atoms with van der Waals surface area (Å²) in [6.45, 7) is 0. The smallest absolute Gasteiger partial charge is 0.0541 e. The first-order valence-electron chi connectivity index (χ1n) is 22.3. The minimum absolute atomic E-state index is 1.16. The predicted molar refractivity (Wildman–Crippen MR) is 270 cm³/mol. The van der Waals surface area contributed by atoms with Gasteiger partial charge in [-0.05, 0) is 144 Å². The Morgan fingerprint density at radius 1 is 0.234 bits per heavy atom. The fourth-order valence-electron chi connectivity index (χ4n) is 11.6. The maximum atomic E-state index is 2.48. The summed E-state index contributed by atoms with van der Waals surface area (Å²) in [5.41, 5.74) is 22.6. The van der Waals surface area contributed by atoms with Gasteiger partial charge >= 0.3 is 0 Å². The van der Waals surface area contributed by atoms with Crippen molar-refractivity contribution in [1.29, 1.82) is 0 Å². The maximum Gasteiger partial charge on any atom is 0.0541 e. The molecule has 0 spiro atoms. The first-order chi connectivity index (χ1) is 31.7. The number of hydrogen-bond donors (Lipinski definition) is 0. The zero-order valence-corrected chi connectivity index (χ0v) is 34.7. The van der Waals surface area contributed by atoms with Crippen molar-refractivity contribution >= 4 is 65.2 Å². The molecule has 64 heavy (non-hydrogen) atoms. The highest BCUT2D eigenvalue weighted by Gasteiger charge is 2.25. The van der Waals surface area contributed by atoms with E-state index < -0.39 is 0 Å². The lowest BCUT2D eigenvalue weighted by Gasteiger charge is -2.13. The first-order valence-corrected chi connectivity index (χ1v) is 22.3. The van der Waals surface area contributed by atoms with E-state index in [0.29, 0.717) is 0 Å². The van der Waals surface area contributed by atoms with Crippen LogP contribution in [0.2, 0.25) is 0 Å². The van der Waals surface area contributed by atoms with Crippen molar-refractivity contribution in [2.75, 3.05) is 0 Å². The number of fused-ring (bicyclic) bond motifs is 12. The number of aromatic nitrogens is 2. The first kappa shape index (κ1) is 34.2. The highest BCUT2D eigenvalue weighted by Crippen LogP contribution is 2.50. The Balaban J connectivity index is 0.855. The topological polar surface area (TPSA) is 9.86 Å². The van der Waals surface area contributed by atoms with E-state index in [1.165, 1.54) is 138 Å². The van der Waals surface area contributed by atoms with Gasteiger partial charge in [-0.25, -0.2) is 0 Å². The molecule has 0 saturated heterocycles. The van der Waals surface area contributed by atoms with Crippen LogP contribution in [0.5, 0.6) is 0 Å². The van der Waals surface area contributed by atoms with Gasteiger partial charge in [0.25, 0.3) is 0 Å². The van der Waals surface area contributed by atoms with Gasteiger partial charge in [-0.1, -0.05) is 158 Å². The molecule has 294 valence electrons. The second-order valence-corrected chi connectivity index (χ2v) is 17.6. The monoisotopic (exact) mass is 808 g/mol. The van der Waals surface area contributed by atoms with Crippen LogP contribution >= 0.6 is 0 Å². The van der Waals surface area contributed by atoms with Crippen molar-refractivity contribution in [3.63, 3.8) is 0 Å². The molecule has 2 aliphatic carbocycles. The number of rotatable bonds is 4. The molecule has 0 aliphatic heterocycles. The zero-order valence-electron chi connectivity index (χ0n) is 34.7. The van der Waals surface area contributed by atoms with Crippen molar-refractivity contribution in [3.05, 3.63) is 218 Å². The molecular weight excluding hydrogens is 773 g/mol. The highest BCUT2D eigenvalue weighted by atomic mass is 15.0. The lowest BCUT2D eigenvalue weighted by molar-refractivity contribution is 1.18. The molecule has 15 rings (SSSR count). The van der Waals surface area contributed by atoms with E-state index in [0.717, 1.165) is 5.69 Å². The van der Waals surface area contributed by atoms with E-state index in [1.54, 1.807) is 0 Å². The van der Waals surface area contributed by atoms with Gasteiger partial charge in [0.1, 0.15) is 0 Å². The standard InChI is InChI=1S/C62H36N2/c1-2-16-44-43(15-1)49-21-10-22-52-58(32-29-51(44)62(49)52)64-57-24-6-4-18-47(57)55-36-41(27-31-60(55)64)40-26-30-59-54(35-40)46-17-3-5-23-56(46)63(59)42-14-7-13-38(33-42)39-25-28-45-48-19-8-11-37-12-9-20-50(61(37)48)53(45)34-39/h1-36H. The lowest BCUT2D eigenvalue weighted by atomic mass is 9.97. The van der Waals surface area contributed by atoms with Gasteiger partial charge in [0, 0.05) is 32.6 Å². The normalized spacial score (nSPS) is 12.4. The van der Waals surface area contributed by atoms with Crippen molar-refractivity contribution < 1.29 is 0 Å². The van der Waals surface area contributed by atoms with Crippen LogP contribution in [0.15, 0.2) is 218 Å². The third-order valence-corrected chi connectivity index (χ3v) is 14.4. The lowest BCUT2D eigenvalue weighted by Crippen LogP contribution is -1.96. The average Bonchev–Trinajstić information content (AvgIpc) is 4.08. The molecule has 11 aromatic carbocycles. The average molecular weight is 809 g/mol. The third kappa shape index (κ3) is 4.53. The maximum absolute atomic E-state index is 2.48. The number of nitrogens with zero attached hydrogens (tertiary/aromatic N) is 2. The minimum atomic E-state index is 1.16. The summed E-state index contributed by atoms with van der Waals surface area (Å²) in [5.74, 6) is 0. The van der Waals surface area contributed by atoms with E-state index in [-0.39, 0.29) is 0 Å². The Bertz CT molecular complexity index is 4160. The van der Waals surface area contributed by atoms with E-state index in [1.807, 2.05) is 0 Å². The van der Waals surface area contributed by atoms with Crippen LogP contribution in [0.3, 0.4) is 0 Å². The van der Waals surface area contributed by atoms with Gasteiger partial charge in [-0.15, -0.1) is 0 Å². The number of para-hydroxylation sites is 2. The van der Waals surface area contributed by atoms with Gasteiger partial charge in [0.05, 0.1) is 27.8 Å². The Morgan fingerprint density at radius 3 is 1.44 bits per heavy atom. The molecule has 2 aliphatic rings. The van der Waals surface area contributed by atoms with Crippen LogP contribution in [0.1, 0.15) is 0 Å². The Labute approximate surface area is 369 Å². The van der Waals surface area contributed by atoms with E-state index in [9.17, 15) is 0 Å². The summed E-state index contributed by atoms with van der Waals surface area (Å²) < 4.78 is 4.92. The van der Waals surface area contributed by atoms with Crippen LogP contribution < -0.4 is 0 Å². The molecule has 2 aromatic heterocycles. The Morgan fingerprint density at radius 2 is 0.703 bits per heavy atom. The molecule has 2 nitrogen and oxygen atoms in total. The second kappa shape index (κ2) is 12.6. The largest absolute Gasteiger partial charge is 0.309 e. The molecule has 13 aromatic rings. The summed E-state index contributed by atoms with van der Waals surface area (Å²) in [5, 5.41) is 10.3. The summed E-state index contributed by atoms with van der Waals surface area (Å²) in [4.78, 5) is 0. The zero-order chi connectivity index (χ0) is 41.6. The fraction of sp³-hybridized carbons (Fsp3) is 0. The molecule has 0 saturated carbocycles. The molecule has 0 atom stereocenters. The predicted octanol–water partition coefficient (Wildman–Crippen LogP) is 16.8. The van der Waals surface area contributed by atoms with Crippen LogP contribution in [-0.2, 0) is 0 Å². The van der Waals surface area contributed by atoms with Crippen LogP contribution in [0.25, 0.3) is 143 Å². The quantitative estimate of drug-likeness (QED) is 0.168. The second-order valence-electron chi connectivity index (χ2n) is 17.6. The van der Waals surface area contributed by atoms with Gasteiger partial charge in [0.15, 0.2) is 0 Å². The molecular formula is C62H36N2. The molecule has 0 amide bonds. The van der Waals surface area contributed by atoms with Gasteiger partial charge in [-0.3, -0.25) is 0 Å². The van der Waals surface area contributed by atoms with Crippen LogP contribution in [0.4, 0.5) is 0 Å². The molecule has 2 heterocycles. The summed E-state index contributed by atoms with van der Waals surface area (Å²) in [6.07, 6.45) is 0. The molecule has 0 N–H and O–H groups in total. The van der Waals surface area contributed by atoms with E-state index in [4.69, 9.17) is 0 Å². The number of benzene rings is 11. The van der Waals surface area contributed by atoms with E-state index >= 15 is 0 Å². The summed E-state index contributed by atoms with van der Waals surface area (Å²) in [7, 11) is 0. The summed E-state index contributed by atoms with van der Waals surface area (Å²) >= 11 is 0. The Hall–Kier alpha value is -8.46. The van der Waals surface area contributed by atoms with Crippen LogP contribution in [-0.4, -0.2) is 9.13 Å². The Kier molecular flexibility index (Phi) is 6.71. The number of hydrogen-bond acceptors (Lipinski definition) is 0. The minimum Gasteiger partial charge on any atom is -0.309 e. The summed E-state index contributed by atoms with van der Waals surface area (Å²) in [6, 6.07) is 81.5. The van der Waals surface area contributed by atoms with Crippen molar-refractivity contribution in [1.82, 2.24) is 9.13 Å². The van der Waals surface area contributed by atoms with Gasteiger partial charge in [0.2, 0.25) is 0 Å². The van der Waals surface area contributed by atoms with Gasteiger partial charge in [-0.2, -0.15) is 0 Å². The third-order valence-electron chi connectivity index (χ3n) is 14.4.